The molecule has 0 aliphatic carbocycles. The average Bonchev–Trinajstić information content (AvgIpc) is 2.63. The van der Waals surface area contributed by atoms with Crippen LogP contribution in [0.25, 0.3) is 0 Å². The highest BCUT2D eigenvalue weighted by Gasteiger charge is 2.22. The molecule has 0 fully saturated rings. The van der Waals surface area contributed by atoms with E-state index in [0.717, 1.165) is 16.9 Å². The van der Waals surface area contributed by atoms with Crippen molar-refractivity contribution < 1.29 is 13.2 Å². The second-order valence-corrected chi connectivity index (χ2v) is 8.39. The fourth-order valence-electron chi connectivity index (χ4n) is 2.83. The summed E-state index contributed by atoms with van der Waals surface area (Å²) in [6.45, 7) is 9.20. The number of hydrogen-bond donors (Lipinski definition) is 0. The third-order valence-electron chi connectivity index (χ3n) is 4.44. The number of nitrogens with zero attached hydrogens (tertiary/aromatic N) is 2. The first-order valence-corrected chi connectivity index (χ1v) is 10.6. The first kappa shape index (κ1) is 21.2. The van der Waals surface area contributed by atoms with E-state index in [4.69, 9.17) is 4.74 Å². The largest absolute Gasteiger partial charge is 0.493 e. The van der Waals surface area contributed by atoms with E-state index < -0.39 is 10.0 Å². The monoisotopic (exact) mass is 392 g/mol. The molecule has 6 nitrogen and oxygen atoms in total. The predicted octanol–water partition coefficient (Wildman–Crippen LogP) is 2.96. The third kappa shape index (κ3) is 5.20. The summed E-state index contributed by atoms with van der Waals surface area (Å²) >= 11 is 0. The molecule has 1 aromatic carbocycles. The summed E-state index contributed by atoms with van der Waals surface area (Å²) in [5, 5.41) is 0. The van der Waals surface area contributed by atoms with Crippen molar-refractivity contribution in [1.29, 1.82) is 0 Å². The molecule has 0 saturated heterocycles. The Labute approximate surface area is 161 Å². The van der Waals surface area contributed by atoms with E-state index in [0.29, 0.717) is 32.7 Å². The molecule has 0 aliphatic heterocycles. The zero-order valence-electron chi connectivity index (χ0n) is 16.4. The fourth-order valence-corrected chi connectivity index (χ4v) is 4.31. The van der Waals surface area contributed by atoms with Crippen LogP contribution in [0.4, 0.5) is 0 Å². The Bertz CT molecular complexity index is 931. The van der Waals surface area contributed by atoms with E-state index in [1.807, 2.05) is 32.0 Å². The van der Waals surface area contributed by atoms with Crippen LogP contribution in [0.3, 0.4) is 0 Å². The van der Waals surface area contributed by atoms with Crippen LogP contribution in [0.5, 0.6) is 5.75 Å². The molecule has 7 heteroatoms. The highest BCUT2D eigenvalue weighted by Crippen LogP contribution is 2.19. The molecule has 0 bridgehead atoms. The molecule has 27 heavy (non-hydrogen) atoms. The van der Waals surface area contributed by atoms with E-state index >= 15 is 0 Å². The fraction of sp³-hybridized carbons (Fsp3) is 0.450. The number of aromatic nitrogens is 1. The maximum Gasteiger partial charge on any atom is 0.250 e. The number of ether oxygens (including phenoxy) is 1. The SMILES string of the molecule is CCN(CC)S(=O)(=O)c1ccc(=O)n(CCCOc2cc(C)ccc2C)c1. The highest BCUT2D eigenvalue weighted by molar-refractivity contribution is 7.89. The molecule has 0 N–H and O–H groups in total. The van der Waals surface area contributed by atoms with Gasteiger partial charge in [0.1, 0.15) is 5.75 Å². The maximum atomic E-state index is 12.6. The van der Waals surface area contributed by atoms with Crippen LogP contribution in [0.2, 0.25) is 0 Å². The molecule has 148 valence electrons. The third-order valence-corrected chi connectivity index (χ3v) is 6.48. The zero-order valence-corrected chi connectivity index (χ0v) is 17.3. The molecule has 0 saturated carbocycles. The van der Waals surface area contributed by atoms with Crippen molar-refractivity contribution in [3.05, 3.63) is 58.0 Å². The minimum atomic E-state index is -3.58. The Kier molecular flexibility index (Phi) is 7.21. The van der Waals surface area contributed by atoms with Crippen LogP contribution >= 0.6 is 0 Å². The van der Waals surface area contributed by atoms with Crippen LogP contribution < -0.4 is 10.3 Å². The van der Waals surface area contributed by atoms with Gasteiger partial charge in [-0.1, -0.05) is 26.0 Å². The predicted molar refractivity (Wildman–Crippen MR) is 107 cm³/mol. The van der Waals surface area contributed by atoms with Gasteiger partial charge in [0.25, 0.3) is 5.56 Å². The molecule has 0 radical (unpaired) electrons. The minimum Gasteiger partial charge on any atom is -0.493 e. The molecule has 1 heterocycles. The summed E-state index contributed by atoms with van der Waals surface area (Å²) < 4.78 is 33.9. The van der Waals surface area contributed by atoms with Gasteiger partial charge < -0.3 is 9.30 Å². The van der Waals surface area contributed by atoms with E-state index in [2.05, 4.69) is 0 Å². The van der Waals surface area contributed by atoms with Crippen LogP contribution in [-0.2, 0) is 16.6 Å². The summed E-state index contributed by atoms with van der Waals surface area (Å²) in [5.74, 6) is 0.834. The Morgan fingerprint density at radius 2 is 1.78 bits per heavy atom. The van der Waals surface area contributed by atoms with Crippen molar-refractivity contribution in [2.24, 2.45) is 0 Å². The first-order valence-electron chi connectivity index (χ1n) is 9.20. The lowest BCUT2D eigenvalue weighted by atomic mass is 10.1. The minimum absolute atomic E-state index is 0.140. The van der Waals surface area contributed by atoms with Gasteiger partial charge in [-0.3, -0.25) is 4.79 Å². The lowest BCUT2D eigenvalue weighted by Crippen LogP contribution is -2.32. The van der Waals surface area contributed by atoms with Gasteiger partial charge in [-0.25, -0.2) is 8.42 Å². The lowest BCUT2D eigenvalue weighted by Gasteiger charge is -2.19. The highest BCUT2D eigenvalue weighted by atomic mass is 32.2. The van der Waals surface area contributed by atoms with Gasteiger partial charge in [-0.15, -0.1) is 0 Å². The van der Waals surface area contributed by atoms with E-state index in [9.17, 15) is 13.2 Å². The summed E-state index contributed by atoms with van der Waals surface area (Å²) in [5.41, 5.74) is 1.96. The topological polar surface area (TPSA) is 68.6 Å². The van der Waals surface area contributed by atoms with Gasteiger partial charge in [-0.05, 0) is 43.5 Å². The second kappa shape index (κ2) is 9.19. The summed E-state index contributed by atoms with van der Waals surface area (Å²) in [6.07, 6.45) is 2.02. The lowest BCUT2D eigenvalue weighted by molar-refractivity contribution is 0.298. The number of hydrogen-bond acceptors (Lipinski definition) is 4. The van der Waals surface area contributed by atoms with Gasteiger partial charge in [-0.2, -0.15) is 4.31 Å². The van der Waals surface area contributed by atoms with Gasteiger partial charge in [0.15, 0.2) is 0 Å². The maximum absolute atomic E-state index is 12.6. The van der Waals surface area contributed by atoms with Crippen molar-refractivity contribution in [3.63, 3.8) is 0 Å². The molecule has 0 unspecified atom stereocenters. The van der Waals surface area contributed by atoms with Crippen molar-refractivity contribution in [3.8, 4) is 5.75 Å². The van der Waals surface area contributed by atoms with Crippen molar-refractivity contribution >= 4 is 10.0 Å². The summed E-state index contributed by atoms with van der Waals surface area (Å²) in [7, 11) is -3.58. The number of pyridine rings is 1. The van der Waals surface area contributed by atoms with Crippen molar-refractivity contribution in [2.75, 3.05) is 19.7 Å². The first-order chi connectivity index (χ1) is 12.8. The number of benzene rings is 1. The Morgan fingerprint density at radius 3 is 2.44 bits per heavy atom. The average molecular weight is 393 g/mol. The van der Waals surface area contributed by atoms with Gasteiger partial charge in [0, 0.05) is 31.9 Å². The van der Waals surface area contributed by atoms with Crippen molar-refractivity contribution in [2.45, 2.75) is 45.6 Å². The quantitative estimate of drug-likeness (QED) is 0.615. The molecule has 0 atom stereocenters. The molecule has 0 spiro atoms. The van der Waals surface area contributed by atoms with Gasteiger partial charge in [0.05, 0.1) is 11.5 Å². The van der Waals surface area contributed by atoms with Crippen LogP contribution in [0.1, 0.15) is 31.4 Å². The number of sulfonamides is 1. The molecule has 0 aliphatic rings. The van der Waals surface area contributed by atoms with Crippen LogP contribution in [-0.4, -0.2) is 37.0 Å². The van der Waals surface area contributed by atoms with Crippen molar-refractivity contribution in [1.82, 2.24) is 8.87 Å². The molecule has 2 rings (SSSR count). The van der Waals surface area contributed by atoms with Gasteiger partial charge >= 0.3 is 0 Å². The smallest absolute Gasteiger partial charge is 0.250 e. The molecule has 1 aromatic heterocycles. The van der Waals surface area contributed by atoms with E-state index in [1.54, 1.807) is 13.8 Å². The molecular formula is C20H28N2O4S. The Morgan fingerprint density at radius 1 is 1.07 bits per heavy atom. The second-order valence-electron chi connectivity index (χ2n) is 6.46. The van der Waals surface area contributed by atoms with E-state index in [1.165, 1.54) is 27.2 Å². The Balaban J connectivity index is 2.07. The van der Waals surface area contributed by atoms with Gasteiger partial charge in [0.2, 0.25) is 10.0 Å². The molecule has 2 aromatic rings. The number of aryl methyl sites for hydroxylation is 3. The molecular weight excluding hydrogens is 364 g/mol. The number of rotatable bonds is 9. The summed E-state index contributed by atoms with van der Waals surface area (Å²) in [6, 6.07) is 8.71. The summed E-state index contributed by atoms with van der Waals surface area (Å²) in [4.78, 5) is 12.2. The van der Waals surface area contributed by atoms with Crippen LogP contribution in [0, 0.1) is 13.8 Å². The normalized spacial score (nSPS) is 11.7. The molecule has 0 amide bonds. The van der Waals surface area contributed by atoms with Crippen LogP contribution in [0.15, 0.2) is 46.2 Å². The zero-order chi connectivity index (χ0) is 20.0. The standard InChI is InChI=1S/C20H28N2O4S/c1-5-22(6-2)27(24,25)18-10-11-20(23)21(15-18)12-7-13-26-19-14-16(3)8-9-17(19)4/h8-11,14-15H,5-7,12-13H2,1-4H3. The Hall–Kier alpha value is -2.12. The van der Waals surface area contributed by atoms with E-state index in [-0.39, 0.29) is 10.5 Å².